The number of Topliss-reactive ketones (excluding diaryl/α,β-unsaturated/α-hetero) is 1. The van der Waals surface area contributed by atoms with Gasteiger partial charge < -0.3 is 10.2 Å². The van der Waals surface area contributed by atoms with Crippen molar-refractivity contribution < 1.29 is 28.2 Å². The van der Waals surface area contributed by atoms with Crippen molar-refractivity contribution in [3.8, 4) is 0 Å². The van der Waals surface area contributed by atoms with Crippen LogP contribution in [0.15, 0.2) is 34.9 Å². The molecule has 0 heterocycles. The zero-order chi connectivity index (χ0) is 20.1. The molecule has 0 saturated heterocycles. The first-order valence-corrected chi connectivity index (χ1v) is 10.3. The van der Waals surface area contributed by atoms with Crippen molar-refractivity contribution >= 4 is 21.6 Å². The normalized spacial score (nSPS) is 28.5. The lowest BCUT2D eigenvalue weighted by molar-refractivity contribution is -0.131. The molecular weight excluding hydrogens is 356 g/mol. The highest BCUT2D eigenvalue weighted by molar-refractivity contribution is 7.92. The Balaban J connectivity index is 2.65. The number of carboxylic acid groups (broad SMARTS) is 1. The second-order valence-corrected chi connectivity index (χ2v) is 10.4. The third kappa shape index (κ3) is 3.18. The van der Waals surface area contributed by atoms with Gasteiger partial charge in [0.25, 0.3) is 0 Å². The van der Waals surface area contributed by atoms with E-state index < -0.39 is 31.6 Å². The van der Waals surface area contributed by atoms with Crippen molar-refractivity contribution in [2.45, 2.75) is 57.3 Å². The van der Waals surface area contributed by atoms with E-state index in [1.807, 2.05) is 0 Å². The zero-order valence-corrected chi connectivity index (χ0v) is 16.6. The number of aliphatic hydroxyl groups is 1. The summed E-state index contributed by atoms with van der Waals surface area (Å²) in [7, 11) is -3.49. The Kier molecular flexibility index (Phi) is 4.88. The van der Waals surface area contributed by atoms with Gasteiger partial charge in [-0.1, -0.05) is 19.9 Å². The van der Waals surface area contributed by atoms with Crippen molar-refractivity contribution in [3.63, 3.8) is 0 Å². The Morgan fingerprint density at radius 1 is 1.23 bits per heavy atom. The molecule has 0 radical (unpaired) electrons. The van der Waals surface area contributed by atoms with E-state index in [2.05, 4.69) is 0 Å². The van der Waals surface area contributed by atoms with Crippen LogP contribution in [-0.4, -0.2) is 47.0 Å². The molecule has 0 spiro atoms. The summed E-state index contributed by atoms with van der Waals surface area (Å²) in [5, 5.41) is 20.3. The van der Waals surface area contributed by atoms with Gasteiger partial charge in [-0.05, 0) is 43.9 Å². The summed E-state index contributed by atoms with van der Waals surface area (Å²) < 4.78 is 23.4. The smallest absolute Gasteiger partial charge is 0.328 e. The number of hydrogen-bond acceptors (Lipinski definition) is 5. The van der Waals surface area contributed by atoms with E-state index >= 15 is 0 Å². The molecular formula is C19H26O6S. The predicted octanol–water partition coefficient (Wildman–Crippen LogP) is 2.20. The summed E-state index contributed by atoms with van der Waals surface area (Å²) >= 11 is 0. The van der Waals surface area contributed by atoms with E-state index in [9.17, 15) is 23.1 Å². The van der Waals surface area contributed by atoms with Crippen LogP contribution in [0, 0.1) is 5.41 Å². The summed E-state index contributed by atoms with van der Waals surface area (Å²) in [5.74, 6) is -1.34. The van der Waals surface area contributed by atoms with Gasteiger partial charge in [0.2, 0.25) is 0 Å². The molecule has 0 aromatic heterocycles. The van der Waals surface area contributed by atoms with Crippen LogP contribution in [0.4, 0.5) is 0 Å². The number of ketones is 1. The van der Waals surface area contributed by atoms with Crippen molar-refractivity contribution in [1.82, 2.24) is 0 Å². The molecule has 144 valence electrons. The van der Waals surface area contributed by atoms with E-state index in [4.69, 9.17) is 5.11 Å². The van der Waals surface area contributed by atoms with E-state index in [1.165, 1.54) is 12.2 Å². The molecule has 2 N–H and O–H groups in total. The third-order valence-corrected chi connectivity index (χ3v) is 7.70. The number of sulfone groups is 1. The van der Waals surface area contributed by atoms with Crippen LogP contribution in [0.2, 0.25) is 0 Å². The van der Waals surface area contributed by atoms with Gasteiger partial charge in [-0.2, -0.15) is 0 Å². The van der Waals surface area contributed by atoms with Crippen LogP contribution in [0.3, 0.4) is 0 Å². The molecule has 1 atom stereocenters. The van der Waals surface area contributed by atoms with Crippen LogP contribution in [0.1, 0.15) is 47.0 Å². The molecule has 7 heteroatoms. The Morgan fingerprint density at radius 3 is 2.19 bits per heavy atom. The molecule has 1 unspecified atom stereocenters. The van der Waals surface area contributed by atoms with Gasteiger partial charge in [0.05, 0.1) is 0 Å². The van der Waals surface area contributed by atoms with Crippen LogP contribution < -0.4 is 0 Å². The maximum atomic E-state index is 12.8. The number of carbonyl (C=O) groups is 2. The maximum absolute atomic E-state index is 12.8. The minimum Gasteiger partial charge on any atom is -0.478 e. The molecule has 26 heavy (non-hydrogen) atoms. The Hall–Kier alpha value is -1.73. The average Bonchev–Trinajstić information content (AvgIpc) is 3.23. The summed E-state index contributed by atoms with van der Waals surface area (Å²) in [5.41, 5.74) is -1.44. The first-order chi connectivity index (χ1) is 11.7. The Bertz CT molecular complexity index is 852. The van der Waals surface area contributed by atoms with Crippen LogP contribution in [-0.2, 0) is 19.4 Å². The summed E-state index contributed by atoms with van der Waals surface area (Å²) in [4.78, 5) is 23.6. The van der Waals surface area contributed by atoms with Crippen LogP contribution in [0.5, 0.6) is 0 Å². The van der Waals surface area contributed by atoms with Gasteiger partial charge in [-0.15, -0.1) is 0 Å². The summed E-state index contributed by atoms with van der Waals surface area (Å²) in [6.45, 7) is 6.67. The van der Waals surface area contributed by atoms with E-state index in [0.717, 1.165) is 12.3 Å². The molecule has 2 aliphatic carbocycles. The number of aliphatic carboxylic acids is 1. The molecule has 1 fully saturated rings. The number of carbonyl (C=O) groups excluding carboxylic acids is 1. The first kappa shape index (κ1) is 20.6. The van der Waals surface area contributed by atoms with E-state index in [0.29, 0.717) is 24.0 Å². The molecule has 6 nitrogen and oxygen atoms in total. The van der Waals surface area contributed by atoms with Crippen molar-refractivity contribution in [1.29, 1.82) is 0 Å². The fourth-order valence-electron chi connectivity index (χ4n) is 3.89. The van der Waals surface area contributed by atoms with E-state index in [-0.39, 0.29) is 17.8 Å². The summed E-state index contributed by atoms with van der Waals surface area (Å²) in [6, 6.07) is 0. The van der Waals surface area contributed by atoms with Crippen LogP contribution >= 0.6 is 0 Å². The number of carboxylic acids is 1. The average molecular weight is 382 g/mol. The van der Waals surface area contributed by atoms with Crippen molar-refractivity contribution in [3.05, 3.63) is 34.9 Å². The number of allylic oxidation sites excluding steroid dienone is 2. The zero-order valence-electron chi connectivity index (χ0n) is 15.8. The fourth-order valence-corrected chi connectivity index (χ4v) is 5.37. The summed E-state index contributed by atoms with van der Waals surface area (Å²) in [6.07, 6.45) is 5.88. The second kappa shape index (κ2) is 6.16. The quantitative estimate of drug-likeness (QED) is 0.557. The topological polar surface area (TPSA) is 109 Å². The SMILES string of the molecule is CC(C=CC1(O)C(C)=C(C2(S(C)(=O)=O)CC2)C(=O)CC1(C)C)=CC(=O)O. The molecule has 2 rings (SSSR count). The molecule has 0 aromatic carbocycles. The van der Waals surface area contributed by atoms with Gasteiger partial charge in [0.1, 0.15) is 10.3 Å². The lowest BCUT2D eigenvalue weighted by atomic mass is 9.61. The second-order valence-electron chi connectivity index (χ2n) is 8.08. The van der Waals surface area contributed by atoms with Crippen LogP contribution in [0.25, 0.3) is 0 Å². The van der Waals surface area contributed by atoms with Gasteiger partial charge in [0.15, 0.2) is 15.6 Å². The lowest BCUT2D eigenvalue weighted by Crippen LogP contribution is -2.51. The molecule has 0 amide bonds. The van der Waals surface area contributed by atoms with Crippen molar-refractivity contribution in [2.75, 3.05) is 6.26 Å². The molecule has 0 bridgehead atoms. The highest BCUT2D eigenvalue weighted by Crippen LogP contribution is 2.57. The largest absolute Gasteiger partial charge is 0.478 e. The molecule has 1 saturated carbocycles. The molecule has 0 aliphatic heterocycles. The first-order valence-electron chi connectivity index (χ1n) is 8.45. The highest BCUT2D eigenvalue weighted by Gasteiger charge is 2.62. The van der Waals surface area contributed by atoms with E-state index in [1.54, 1.807) is 27.7 Å². The van der Waals surface area contributed by atoms with Crippen molar-refractivity contribution in [2.24, 2.45) is 5.41 Å². The molecule has 0 aromatic rings. The van der Waals surface area contributed by atoms with Gasteiger partial charge in [-0.3, -0.25) is 4.79 Å². The van der Waals surface area contributed by atoms with Gasteiger partial charge in [-0.25, -0.2) is 13.2 Å². The maximum Gasteiger partial charge on any atom is 0.328 e. The van der Waals surface area contributed by atoms with Gasteiger partial charge >= 0.3 is 5.97 Å². The predicted molar refractivity (Wildman–Crippen MR) is 98.4 cm³/mol. The Labute approximate surface area is 154 Å². The molecule has 2 aliphatic rings. The third-order valence-electron chi connectivity index (χ3n) is 5.67. The minimum absolute atomic E-state index is 0.0134. The highest BCUT2D eigenvalue weighted by atomic mass is 32.2. The minimum atomic E-state index is -3.49. The monoisotopic (exact) mass is 382 g/mol. The number of rotatable bonds is 5. The fraction of sp³-hybridized carbons (Fsp3) is 0.579. The standard InChI is InChI=1S/C19H26O6S/c1-12(10-15(21)22)6-7-19(23)13(2)16(14(20)11-17(19,3)4)18(8-9-18)26(5,24)25/h6-7,10,23H,8-9,11H2,1-5H3,(H,21,22). The van der Waals surface area contributed by atoms with Gasteiger partial charge in [0, 0.05) is 29.7 Å². The Morgan fingerprint density at radius 2 is 1.77 bits per heavy atom. The number of hydrogen-bond donors (Lipinski definition) is 2. The lowest BCUT2D eigenvalue weighted by Gasteiger charge is -2.46.